The van der Waals surface area contributed by atoms with Crippen LogP contribution in [-0.2, 0) is 28.8 Å². The molecule has 0 saturated carbocycles. The topological polar surface area (TPSA) is 58.6 Å². The van der Waals surface area contributed by atoms with Gasteiger partial charge in [0.25, 0.3) is 0 Å². The molecule has 1 unspecified atom stereocenters. The van der Waals surface area contributed by atoms with Gasteiger partial charge in [-0.2, -0.15) is 0 Å². The molecule has 152 valence electrons. The van der Waals surface area contributed by atoms with Crippen molar-refractivity contribution in [2.45, 2.75) is 38.7 Å². The largest absolute Gasteiger partial charge is 0.442 e. The van der Waals surface area contributed by atoms with E-state index in [0.717, 1.165) is 19.3 Å². The molecule has 1 N–H and O–H groups in total. The van der Waals surface area contributed by atoms with Gasteiger partial charge in [0.15, 0.2) is 0 Å². The molecule has 0 bridgehead atoms. The van der Waals surface area contributed by atoms with Gasteiger partial charge in [-0.05, 0) is 60.4 Å². The fourth-order valence-electron chi connectivity index (χ4n) is 4.22. The normalized spacial score (nSPS) is 20.9. The van der Waals surface area contributed by atoms with Crippen LogP contribution in [0, 0.1) is 11.7 Å². The van der Waals surface area contributed by atoms with E-state index in [9.17, 15) is 14.0 Å². The number of cyclic esters (lactones) is 1. The monoisotopic (exact) mass is 396 g/mol. The highest BCUT2D eigenvalue weighted by molar-refractivity contribution is 5.89. The Morgan fingerprint density at radius 2 is 2.03 bits per heavy atom. The van der Waals surface area contributed by atoms with Crippen LogP contribution in [-0.4, -0.2) is 31.2 Å². The molecule has 29 heavy (non-hydrogen) atoms. The highest BCUT2D eigenvalue weighted by Gasteiger charge is 2.32. The number of halogens is 1. The van der Waals surface area contributed by atoms with E-state index in [2.05, 4.69) is 29.6 Å². The smallest absolute Gasteiger partial charge is 0.414 e. The minimum atomic E-state index is -0.517. The van der Waals surface area contributed by atoms with Crippen molar-refractivity contribution in [3.63, 3.8) is 0 Å². The number of fused-ring (bicyclic) bond motifs is 1. The van der Waals surface area contributed by atoms with E-state index in [0.29, 0.717) is 23.6 Å². The lowest BCUT2D eigenvalue weighted by Gasteiger charge is -2.25. The van der Waals surface area contributed by atoms with Gasteiger partial charge in [-0.3, -0.25) is 9.69 Å². The van der Waals surface area contributed by atoms with Crippen LogP contribution in [0.5, 0.6) is 0 Å². The Balaban J connectivity index is 1.41. The first-order valence-corrected chi connectivity index (χ1v) is 10.1. The van der Waals surface area contributed by atoms with E-state index in [1.807, 2.05) is 0 Å². The van der Waals surface area contributed by atoms with Gasteiger partial charge in [0.2, 0.25) is 5.91 Å². The Morgan fingerprint density at radius 3 is 2.79 bits per heavy atom. The average molecular weight is 396 g/mol. The van der Waals surface area contributed by atoms with Crippen LogP contribution < -0.4 is 10.2 Å². The van der Waals surface area contributed by atoms with Gasteiger partial charge in [-0.15, -0.1) is 0 Å². The van der Waals surface area contributed by atoms with E-state index in [-0.39, 0.29) is 24.8 Å². The fourth-order valence-corrected chi connectivity index (χ4v) is 4.22. The van der Waals surface area contributed by atoms with E-state index in [1.165, 1.54) is 29.0 Å². The van der Waals surface area contributed by atoms with Crippen LogP contribution >= 0.6 is 0 Å². The van der Waals surface area contributed by atoms with Crippen LogP contribution in [0.2, 0.25) is 0 Å². The Bertz CT molecular complexity index is 930. The Hall–Kier alpha value is -2.89. The summed E-state index contributed by atoms with van der Waals surface area (Å²) in [5.41, 5.74) is 3.93. The standard InChI is InChI=1S/C23H25FN2O3/c1-15(27)25-13-21-14-26(23(28)29-21)20-9-8-19(22(24)12-20)11-16-6-7-17-4-2-3-5-18(17)10-16/h2-5,8-9,12,16,21H,6-7,10-11,13-14H2,1H3,(H,25,27)/t16?,21-/m0/s1. The number of aryl methyl sites for hydroxylation is 1. The third kappa shape index (κ3) is 4.42. The van der Waals surface area contributed by atoms with Gasteiger partial charge in [0.05, 0.1) is 18.8 Å². The van der Waals surface area contributed by atoms with Crippen molar-refractivity contribution in [3.8, 4) is 0 Å². The van der Waals surface area contributed by atoms with Gasteiger partial charge in [0, 0.05) is 6.92 Å². The lowest BCUT2D eigenvalue weighted by Crippen LogP contribution is -2.33. The molecule has 1 aliphatic carbocycles. The van der Waals surface area contributed by atoms with Crippen molar-refractivity contribution in [1.29, 1.82) is 0 Å². The number of nitrogens with one attached hydrogen (secondary N) is 1. The van der Waals surface area contributed by atoms with Crippen LogP contribution in [0.3, 0.4) is 0 Å². The second-order valence-electron chi connectivity index (χ2n) is 7.91. The van der Waals surface area contributed by atoms with Crippen LogP contribution in [0.15, 0.2) is 42.5 Å². The third-order valence-electron chi connectivity index (χ3n) is 5.76. The number of rotatable bonds is 5. The van der Waals surface area contributed by atoms with Gasteiger partial charge < -0.3 is 10.1 Å². The zero-order valence-electron chi connectivity index (χ0n) is 16.5. The molecule has 2 atom stereocenters. The molecule has 1 heterocycles. The average Bonchev–Trinajstić information content (AvgIpc) is 3.08. The van der Waals surface area contributed by atoms with Gasteiger partial charge >= 0.3 is 6.09 Å². The molecule has 2 amide bonds. The van der Waals surface area contributed by atoms with Crippen molar-refractivity contribution < 1.29 is 18.7 Å². The molecule has 2 aromatic carbocycles. The van der Waals surface area contributed by atoms with Gasteiger partial charge in [-0.1, -0.05) is 30.3 Å². The van der Waals surface area contributed by atoms with Gasteiger partial charge in [0.1, 0.15) is 11.9 Å². The maximum Gasteiger partial charge on any atom is 0.414 e. The molecule has 6 heteroatoms. The van der Waals surface area contributed by atoms with Crippen molar-refractivity contribution >= 4 is 17.7 Å². The number of hydrogen-bond acceptors (Lipinski definition) is 3. The van der Waals surface area contributed by atoms with E-state index in [4.69, 9.17) is 4.74 Å². The summed E-state index contributed by atoms with van der Waals surface area (Å²) in [6, 6.07) is 13.4. The zero-order valence-corrected chi connectivity index (χ0v) is 16.5. The number of carbonyl (C=O) groups is 2. The molecule has 0 spiro atoms. The molecule has 5 nitrogen and oxygen atoms in total. The minimum Gasteiger partial charge on any atom is -0.442 e. The molecule has 1 saturated heterocycles. The number of ether oxygens (including phenoxy) is 1. The Morgan fingerprint density at radius 1 is 1.24 bits per heavy atom. The van der Waals surface area contributed by atoms with Crippen molar-refractivity contribution in [1.82, 2.24) is 5.32 Å². The van der Waals surface area contributed by atoms with Gasteiger partial charge in [-0.25, -0.2) is 9.18 Å². The number of benzene rings is 2. The highest BCUT2D eigenvalue weighted by atomic mass is 19.1. The molecule has 2 aromatic rings. The number of amides is 2. The summed E-state index contributed by atoms with van der Waals surface area (Å²) in [4.78, 5) is 24.6. The van der Waals surface area contributed by atoms with E-state index in [1.54, 1.807) is 12.1 Å². The Labute approximate surface area is 169 Å². The predicted octanol–water partition coefficient (Wildman–Crippen LogP) is 3.63. The summed E-state index contributed by atoms with van der Waals surface area (Å²) >= 11 is 0. The molecule has 4 rings (SSSR count). The maximum atomic E-state index is 14.8. The predicted molar refractivity (Wildman–Crippen MR) is 108 cm³/mol. The first-order chi connectivity index (χ1) is 14.0. The fraction of sp³-hybridized carbons (Fsp3) is 0.391. The first-order valence-electron chi connectivity index (χ1n) is 10.1. The quantitative estimate of drug-likeness (QED) is 0.840. The van der Waals surface area contributed by atoms with Crippen LogP contribution in [0.1, 0.15) is 30.0 Å². The van der Waals surface area contributed by atoms with Crippen LogP contribution in [0.25, 0.3) is 0 Å². The molecule has 1 fully saturated rings. The second-order valence-corrected chi connectivity index (χ2v) is 7.91. The van der Waals surface area contributed by atoms with Crippen LogP contribution in [0.4, 0.5) is 14.9 Å². The lowest BCUT2D eigenvalue weighted by molar-refractivity contribution is -0.119. The lowest BCUT2D eigenvalue weighted by atomic mass is 9.81. The zero-order chi connectivity index (χ0) is 20.4. The minimum absolute atomic E-state index is 0.180. The van der Waals surface area contributed by atoms with E-state index < -0.39 is 12.2 Å². The summed E-state index contributed by atoms with van der Waals surface area (Å²) in [7, 11) is 0. The third-order valence-corrected chi connectivity index (χ3v) is 5.76. The summed E-state index contributed by atoms with van der Waals surface area (Å²) in [5.74, 6) is -0.0521. The van der Waals surface area contributed by atoms with E-state index >= 15 is 0 Å². The molecule has 0 radical (unpaired) electrons. The summed E-state index contributed by atoms with van der Waals surface area (Å²) < 4.78 is 20.1. The number of hydrogen-bond donors (Lipinski definition) is 1. The SMILES string of the molecule is CC(=O)NC[C@H]1CN(c2ccc(CC3CCc4ccccc4C3)c(F)c2)C(=O)O1. The highest BCUT2D eigenvalue weighted by Crippen LogP contribution is 2.30. The number of carbonyl (C=O) groups excluding carboxylic acids is 2. The number of anilines is 1. The van der Waals surface area contributed by atoms with Crippen molar-refractivity contribution in [3.05, 3.63) is 65.0 Å². The number of nitrogens with zero attached hydrogens (tertiary/aromatic N) is 1. The summed E-state index contributed by atoms with van der Waals surface area (Å²) in [5, 5.41) is 2.64. The first kappa shape index (κ1) is 19.4. The molecule has 2 aliphatic rings. The van der Waals surface area contributed by atoms with Crippen molar-refractivity contribution in [2.75, 3.05) is 18.0 Å². The maximum absolute atomic E-state index is 14.8. The molecule has 1 aliphatic heterocycles. The van der Waals surface area contributed by atoms with Crippen molar-refractivity contribution in [2.24, 2.45) is 5.92 Å². The molecule has 0 aromatic heterocycles. The molecular weight excluding hydrogens is 371 g/mol. The summed E-state index contributed by atoms with van der Waals surface area (Å²) in [6.45, 7) is 1.95. The second kappa shape index (κ2) is 8.23. The molecular formula is C23H25FN2O3. The Kier molecular flexibility index (Phi) is 5.51. The summed E-state index contributed by atoms with van der Waals surface area (Å²) in [6.07, 6.45) is 2.81.